The second-order valence-corrected chi connectivity index (χ2v) is 9.76. The molecule has 0 spiro atoms. The number of hydrogen-bond acceptors (Lipinski definition) is 7. The van der Waals surface area contributed by atoms with E-state index >= 15 is 0 Å². The summed E-state index contributed by atoms with van der Waals surface area (Å²) in [5.74, 6) is -3.63. The number of hydrogen-bond donors (Lipinski definition) is 2. The number of aromatic nitrogens is 4. The summed E-state index contributed by atoms with van der Waals surface area (Å²) in [5, 5.41) is 9.60. The lowest BCUT2D eigenvalue weighted by atomic mass is 10.2. The van der Waals surface area contributed by atoms with Gasteiger partial charge in [0.25, 0.3) is 11.5 Å². The maximum atomic E-state index is 13.6. The van der Waals surface area contributed by atoms with Crippen LogP contribution in [0.1, 0.15) is 18.2 Å². The minimum atomic E-state index is -4.60. The highest BCUT2D eigenvalue weighted by molar-refractivity contribution is 6.33. The Morgan fingerprint density at radius 2 is 1.87 bits per heavy atom. The van der Waals surface area contributed by atoms with Crippen molar-refractivity contribution in [2.75, 3.05) is 54.4 Å². The Labute approximate surface area is 223 Å². The molecule has 2 aliphatic heterocycles. The minimum Gasteiger partial charge on any atom is -0.363 e. The molecule has 0 unspecified atom stereocenters. The second kappa shape index (κ2) is 9.93. The predicted octanol–water partition coefficient (Wildman–Crippen LogP) is 2.63. The van der Waals surface area contributed by atoms with Gasteiger partial charge in [0.05, 0.1) is 35.1 Å². The minimum absolute atomic E-state index is 0.0189. The van der Waals surface area contributed by atoms with Crippen LogP contribution in [0.2, 0.25) is 5.02 Å². The van der Waals surface area contributed by atoms with Gasteiger partial charge in [-0.25, -0.2) is 8.78 Å². The first-order valence-corrected chi connectivity index (χ1v) is 12.5. The molecule has 10 nitrogen and oxygen atoms in total. The number of carbonyl (C=O) groups excluding carboxylic acids is 1. The zero-order chi connectivity index (χ0) is 28.1. The smallest absolute Gasteiger partial charge is 0.363 e. The Kier molecular flexibility index (Phi) is 6.91. The van der Waals surface area contributed by atoms with Gasteiger partial charge in [0.15, 0.2) is 0 Å². The fourth-order valence-corrected chi connectivity index (χ4v) is 4.95. The van der Waals surface area contributed by atoms with Gasteiger partial charge in [-0.15, -0.1) is 5.10 Å². The molecule has 0 aliphatic carbocycles. The van der Waals surface area contributed by atoms with Crippen LogP contribution in [0.5, 0.6) is 0 Å². The normalized spacial score (nSPS) is 17.4. The summed E-state index contributed by atoms with van der Waals surface area (Å²) in [6.07, 6.45) is -4.28. The van der Waals surface area contributed by atoms with E-state index in [0.29, 0.717) is 50.0 Å². The van der Waals surface area contributed by atoms with Crippen molar-refractivity contribution in [3.05, 3.63) is 44.8 Å². The highest BCUT2D eigenvalue weighted by Crippen LogP contribution is 2.34. The van der Waals surface area contributed by atoms with Crippen molar-refractivity contribution < 1.29 is 26.7 Å². The number of benzene rings is 1. The largest absolute Gasteiger partial charge is 0.416 e. The van der Waals surface area contributed by atoms with Gasteiger partial charge in [-0.1, -0.05) is 18.5 Å². The molecule has 4 heterocycles. The van der Waals surface area contributed by atoms with Crippen molar-refractivity contribution in [2.45, 2.75) is 32.0 Å². The van der Waals surface area contributed by atoms with Crippen molar-refractivity contribution in [2.24, 2.45) is 0 Å². The number of halogens is 6. The van der Waals surface area contributed by atoms with Gasteiger partial charge >= 0.3 is 6.18 Å². The number of anilines is 3. The lowest BCUT2D eigenvalue weighted by Crippen LogP contribution is -2.56. The van der Waals surface area contributed by atoms with Crippen LogP contribution in [-0.4, -0.2) is 70.3 Å². The number of fused-ring (bicyclic) bond motifs is 1. The Morgan fingerprint density at radius 1 is 1.18 bits per heavy atom. The molecule has 2 fully saturated rings. The molecule has 1 amide bonds. The summed E-state index contributed by atoms with van der Waals surface area (Å²) >= 11 is 6.00. The molecule has 0 atom stereocenters. The van der Waals surface area contributed by atoms with E-state index in [1.54, 1.807) is 6.92 Å². The van der Waals surface area contributed by atoms with Crippen LogP contribution in [0.3, 0.4) is 0 Å². The monoisotopic (exact) mass is 574 g/mol. The number of carbonyl (C=O) groups is 1. The number of piperazine rings is 1. The van der Waals surface area contributed by atoms with Crippen LogP contribution in [0.4, 0.5) is 39.3 Å². The summed E-state index contributed by atoms with van der Waals surface area (Å²) in [4.78, 5) is 34.1. The van der Waals surface area contributed by atoms with E-state index in [0.717, 1.165) is 16.6 Å². The van der Waals surface area contributed by atoms with Crippen molar-refractivity contribution >= 4 is 40.6 Å². The van der Waals surface area contributed by atoms with Crippen molar-refractivity contribution in [1.29, 1.82) is 0 Å². The van der Waals surface area contributed by atoms with Gasteiger partial charge in [-0.3, -0.25) is 9.59 Å². The van der Waals surface area contributed by atoms with E-state index in [1.807, 2.05) is 4.90 Å². The Morgan fingerprint density at radius 3 is 2.46 bits per heavy atom. The van der Waals surface area contributed by atoms with Crippen LogP contribution >= 0.6 is 11.6 Å². The van der Waals surface area contributed by atoms with Gasteiger partial charge in [-0.2, -0.15) is 22.7 Å². The Balaban J connectivity index is 1.54. The van der Waals surface area contributed by atoms with E-state index in [4.69, 9.17) is 11.6 Å². The number of nitrogens with zero attached hydrogens (tertiary/aromatic N) is 6. The van der Waals surface area contributed by atoms with Crippen molar-refractivity contribution in [3.63, 3.8) is 0 Å². The molecule has 0 radical (unpaired) electrons. The third kappa shape index (κ3) is 5.24. The van der Waals surface area contributed by atoms with Gasteiger partial charge in [-0.05, 0) is 24.6 Å². The molecule has 5 rings (SSSR count). The third-order valence-corrected chi connectivity index (χ3v) is 6.89. The zero-order valence-electron chi connectivity index (χ0n) is 20.7. The van der Waals surface area contributed by atoms with Gasteiger partial charge < -0.3 is 25.0 Å². The van der Waals surface area contributed by atoms with Crippen molar-refractivity contribution in [3.8, 4) is 0 Å². The first kappa shape index (κ1) is 27.1. The average Bonchev–Trinajstić information content (AvgIpc) is 3.31. The fourth-order valence-electron chi connectivity index (χ4n) is 4.72. The number of nitrogens with one attached hydrogen (secondary N) is 2. The molecule has 3 aromatic rings. The number of alkyl halides is 5. The van der Waals surface area contributed by atoms with E-state index in [1.165, 1.54) is 9.47 Å². The SMILES string of the molecule is CCc1c(N2CCNCC2)c(=O)n2nc(N3CC(F)(F)C3)nc2n1CC(=O)Nc1ccc(C(F)(F)F)cc1Cl. The summed E-state index contributed by atoms with van der Waals surface area (Å²) < 4.78 is 68.5. The zero-order valence-corrected chi connectivity index (χ0v) is 21.4. The summed E-state index contributed by atoms with van der Waals surface area (Å²) in [6.45, 7) is 2.48. The molecule has 210 valence electrons. The molecule has 2 aliphatic rings. The molecule has 2 N–H and O–H groups in total. The highest BCUT2D eigenvalue weighted by atomic mass is 35.5. The van der Waals surface area contributed by atoms with Crippen LogP contribution in [0.15, 0.2) is 23.0 Å². The van der Waals surface area contributed by atoms with Gasteiger partial charge in [0.2, 0.25) is 17.6 Å². The lowest BCUT2D eigenvalue weighted by molar-refractivity contribution is -0.137. The van der Waals surface area contributed by atoms with E-state index < -0.39 is 48.8 Å². The fraction of sp³-hybridized carbons (Fsp3) is 0.478. The Bertz CT molecular complexity index is 1470. The molecular formula is C23H24ClF5N8O2. The van der Waals surface area contributed by atoms with Gasteiger partial charge in [0, 0.05) is 26.2 Å². The van der Waals surface area contributed by atoms with Crippen LogP contribution in [0, 0.1) is 0 Å². The van der Waals surface area contributed by atoms with Crippen LogP contribution in [0.25, 0.3) is 5.78 Å². The lowest BCUT2D eigenvalue weighted by Gasteiger charge is -2.37. The quantitative estimate of drug-likeness (QED) is 0.437. The number of amides is 1. The molecular weight excluding hydrogens is 551 g/mol. The summed E-state index contributed by atoms with van der Waals surface area (Å²) in [6, 6.07) is 2.56. The Hall–Kier alpha value is -3.46. The van der Waals surface area contributed by atoms with Gasteiger partial charge in [0.1, 0.15) is 12.2 Å². The molecule has 1 aromatic carbocycles. The van der Waals surface area contributed by atoms with E-state index in [-0.39, 0.29) is 22.4 Å². The summed E-state index contributed by atoms with van der Waals surface area (Å²) in [7, 11) is 0. The summed E-state index contributed by atoms with van der Waals surface area (Å²) in [5.41, 5.74) is -0.684. The molecule has 0 saturated carbocycles. The second-order valence-electron chi connectivity index (χ2n) is 9.35. The van der Waals surface area contributed by atoms with Crippen molar-refractivity contribution in [1.82, 2.24) is 24.5 Å². The predicted molar refractivity (Wildman–Crippen MR) is 134 cm³/mol. The average molecular weight is 575 g/mol. The highest BCUT2D eigenvalue weighted by Gasteiger charge is 2.46. The van der Waals surface area contributed by atoms with E-state index in [2.05, 4.69) is 20.7 Å². The molecule has 39 heavy (non-hydrogen) atoms. The third-order valence-electron chi connectivity index (χ3n) is 6.58. The molecule has 2 aromatic heterocycles. The first-order chi connectivity index (χ1) is 18.4. The standard InChI is InChI=1S/C23H24ClF5N8O2/c1-2-16-18(34-7-5-30-6-8-34)19(39)37-21(32-20(33-37)35-11-22(25,26)12-35)36(16)10-17(38)31-15-4-3-13(9-14(15)24)23(27,28)29/h3-4,9,30H,2,5-8,10-12H2,1H3,(H,31,38). The van der Waals surface area contributed by atoms with Crippen LogP contribution in [-0.2, 0) is 23.9 Å². The topological polar surface area (TPSA) is 99.8 Å². The molecule has 2 saturated heterocycles. The molecule has 0 bridgehead atoms. The maximum Gasteiger partial charge on any atom is 0.416 e. The number of rotatable bonds is 6. The maximum absolute atomic E-state index is 13.6. The first-order valence-electron chi connectivity index (χ1n) is 12.2. The van der Waals surface area contributed by atoms with E-state index in [9.17, 15) is 31.5 Å². The van der Waals surface area contributed by atoms with Crippen LogP contribution < -0.4 is 26.0 Å². The molecule has 16 heteroatoms.